The van der Waals surface area contributed by atoms with Gasteiger partial charge in [0.1, 0.15) is 0 Å². The molecule has 0 saturated heterocycles. The van der Waals surface area contributed by atoms with Crippen LogP contribution >= 0.6 is 0 Å². The van der Waals surface area contributed by atoms with E-state index in [2.05, 4.69) is 26.0 Å². The third kappa shape index (κ3) is 25.0. The van der Waals surface area contributed by atoms with Crippen molar-refractivity contribution in [2.45, 2.75) is 155 Å². The van der Waals surface area contributed by atoms with Crippen LogP contribution in [0.5, 0.6) is 0 Å². The molecule has 182 valence electrons. The van der Waals surface area contributed by atoms with Crippen LogP contribution in [0.1, 0.15) is 155 Å². The monoisotopic (exact) mass is 436 g/mol. The smallest absolute Gasteiger partial charge is 0.313 e. The zero-order valence-corrected chi connectivity index (χ0v) is 20.9. The van der Waals surface area contributed by atoms with E-state index in [-0.39, 0.29) is 11.9 Å². The van der Waals surface area contributed by atoms with Crippen molar-refractivity contribution in [3.05, 3.63) is 12.2 Å². The van der Waals surface area contributed by atoms with E-state index in [1.807, 2.05) is 0 Å². The van der Waals surface area contributed by atoms with Crippen LogP contribution in [-0.4, -0.2) is 11.9 Å². The van der Waals surface area contributed by atoms with Gasteiger partial charge < -0.3 is 4.74 Å². The number of esters is 2. The summed E-state index contributed by atoms with van der Waals surface area (Å²) in [5, 5.41) is 0. The summed E-state index contributed by atoms with van der Waals surface area (Å²) in [6.07, 6.45) is 29.7. The number of unbranched alkanes of at least 4 members (excludes halogenated alkanes) is 17. The van der Waals surface area contributed by atoms with E-state index < -0.39 is 0 Å². The number of ether oxygens (including phenoxy) is 1. The molecule has 0 aromatic heterocycles. The summed E-state index contributed by atoms with van der Waals surface area (Å²) >= 11 is 0. The van der Waals surface area contributed by atoms with Crippen molar-refractivity contribution in [1.29, 1.82) is 0 Å². The number of carbonyl (C=O) groups excluding carboxylic acids is 2. The molecule has 0 aliphatic heterocycles. The first-order valence-corrected chi connectivity index (χ1v) is 13.6. The fourth-order valence-electron chi connectivity index (χ4n) is 3.80. The van der Waals surface area contributed by atoms with Gasteiger partial charge in [-0.25, -0.2) is 0 Å². The van der Waals surface area contributed by atoms with E-state index >= 15 is 0 Å². The molecule has 0 bridgehead atoms. The molecule has 3 heteroatoms. The molecular weight excluding hydrogens is 384 g/mol. The topological polar surface area (TPSA) is 43.4 Å². The van der Waals surface area contributed by atoms with Gasteiger partial charge in [-0.1, -0.05) is 116 Å². The Balaban J connectivity index is 3.34. The van der Waals surface area contributed by atoms with Crippen LogP contribution in [-0.2, 0) is 14.3 Å². The van der Waals surface area contributed by atoms with Crippen molar-refractivity contribution < 1.29 is 14.3 Å². The van der Waals surface area contributed by atoms with Gasteiger partial charge in [-0.05, 0) is 38.5 Å². The van der Waals surface area contributed by atoms with Gasteiger partial charge in [-0.15, -0.1) is 0 Å². The maximum atomic E-state index is 11.7. The first kappa shape index (κ1) is 29.9. The number of hydrogen-bond donors (Lipinski definition) is 0. The summed E-state index contributed by atoms with van der Waals surface area (Å²) in [5.41, 5.74) is 0. The summed E-state index contributed by atoms with van der Waals surface area (Å²) in [6.45, 7) is 4.47. The zero-order valence-electron chi connectivity index (χ0n) is 20.9. The van der Waals surface area contributed by atoms with E-state index in [4.69, 9.17) is 4.74 Å². The van der Waals surface area contributed by atoms with Crippen molar-refractivity contribution in [3.63, 3.8) is 0 Å². The first-order valence-electron chi connectivity index (χ1n) is 13.6. The molecule has 0 unspecified atom stereocenters. The van der Waals surface area contributed by atoms with Crippen molar-refractivity contribution >= 4 is 11.9 Å². The highest BCUT2D eigenvalue weighted by Gasteiger charge is 2.09. The molecule has 0 spiro atoms. The third-order valence-corrected chi connectivity index (χ3v) is 5.85. The normalized spacial score (nSPS) is 11.3. The summed E-state index contributed by atoms with van der Waals surface area (Å²) in [7, 11) is 0. The Morgan fingerprint density at radius 3 is 1.19 bits per heavy atom. The zero-order chi connectivity index (χ0) is 22.8. The van der Waals surface area contributed by atoms with Gasteiger partial charge in [0, 0.05) is 12.8 Å². The first-order chi connectivity index (χ1) is 15.2. The van der Waals surface area contributed by atoms with E-state index in [9.17, 15) is 9.59 Å². The molecule has 0 aromatic rings. The molecule has 0 aliphatic rings. The second kappa shape index (κ2) is 25.1. The maximum absolute atomic E-state index is 11.7. The van der Waals surface area contributed by atoms with Crippen molar-refractivity contribution in [1.82, 2.24) is 0 Å². The Labute approximate surface area is 193 Å². The van der Waals surface area contributed by atoms with Crippen LogP contribution in [0.25, 0.3) is 0 Å². The molecular formula is C28H52O3. The Morgan fingerprint density at radius 2 is 0.806 bits per heavy atom. The van der Waals surface area contributed by atoms with Gasteiger partial charge in [0.25, 0.3) is 0 Å². The van der Waals surface area contributed by atoms with E-state index in [1.165, 1.54) is 96.3 Å². The summed E-state index contributed by atoms with van der Waals surface area (Å²) < 4.78 is 4.93. The Morgan fingerprint density at radius 1 is 0.484 bits per heavy atom. The minimum absolute atomic E-state index is 0.341. The average molecular weight is 437 g/mol. The van der Waals surface area contributed by atoms with Crippen LogP contribution in [0.2, 0.25) is 0 Å². The molecule has 0 aliphatic carbocycles. The van der Waals surface area contributed by atoms with Crippen LogP contribution in [0.15, 0.2) is 12.2 Å². The van der Waals surface area contributed by atoms with Crippen LogP contribution in [0.3, 0.4) is 0 Å². The summed E-state index contributed by atoms with van der Waals surface area (Å²) in [4.78, 5) is 23.4. The molecule has 0 rings (SSSR count). The highest BCUT2D eigenvalue weighted by Crippen LogP contribution is 2.11. The largest absolute Gasteiger partial charge is 0.393 e. The van der Waals surface area contributed by atoms with E-state index in [0.717, 1.165) is 32.1 Å². The summed E-state index contributed by atoms with van der Waals surface area (Å²) in [6, 6.07) is 0. The average Bonchev–Trinajstić information content (AvgIpc) is 2.75. The Bertz CT molecular complexity index is 428. The third-order valence-electron chi connectivity index (χ3n) is 5.85. The second-order valence-electron chi connectivity index (χ2n) is 9.05. The fraction of sp³-hybridized carbons (Fsp3) is 0.857. The van der Waals surface area contributed by atoms with Crippen LogP contribution < -0.4 is 0 Å². The minimum Gasteiger partial charge on any atom is -0.393 e. The van der Waals surface area contributed by atoms with Gasteiger partial charge >= 0.3 is 11.9 Å². The Kier molecular flexibility index (Phi) is 24.2. The molecule has 0 N–H and O–H groups in total. The van der Waals surface area contributed by atoms with Crippen LogP contribution in [0, 0.1) is 0 Å². The number of hydrogen-bond acceptors (Lipinski definition) is 3. The molecule has 0 saturated carbocycles. The lowest BCUT2D eigenvalue weighted by Gasteiger charge is -2.04. The van der Waals surface area contributed by atoms with Gasteiger partial charge in [0.2, 0.25) is 0 Å². The second-order valence-corrected chi connectivity index (χ2v) is 9.05. The number of carbonyl (C=O) groups is 2. The van der Waals surface area contributed by atoms with E-state index in [0.29, 0.717) is 12.8 Å². The lowest BCUT2D eigenvalue weighted by Crippen LogP contribution is -2.11. The molecule has 31 heavy (non-hydrogen) atoms. The SMILES string of the molecule is CCCCCCCC/C=C\CCCCCCCC(=O)OC(=O)CCCCCCCCC. The van der Waals surface area contributed by atoms with Gasteiger partial charge in [0.15, 0.2) is 0 Å². The molecule has 3 nitrogen and oxygen atoms in total. The van der Waals surface area contributed by atoms with Gasteiger partial charge in [-0.2, -0.15) is 0 Å². The highest BCUT2D eigenvalue weighted by atomic mass is 16.6. The predicted octanol–water partition coefficient (Wildman–Crippen LogP) is 9.23. The number of rotatable bonds is 23. The number of allylic oxidation sites excluding steroid dienone is 2. The highest BCUT2D eigenvalue weighted by molar-refractivity contribution is 5.85. The molecule has 0 heterocycles. The lowest BCUT2D eigenvalue weighted by atomic mass is 10.1. The molecule has 0 radical (unpaired) electrons. The van der Waals surface area contributed by atoms with Crippen molar-refractivity contribution in [2.24, 2.45) is 0 Å². The van der Waals surface area contributed by atoms with Crippen LogP contribution in [0.4, 0.5) is 0 Å². The predicted molar refractivity (Wildman–Crippen MR) is 133 cm³/mol. The molecule has 0 fully saturated rings. The quantitative estimate of drug-likeness (QED) is 0.0693. The van der Waals surface area contributed by atoms with Crippen molar-refractivity contribution in [2.75, 3.05) is 0 Å². The molecule has 0 atom stereocenters. The van der Waals surface area contributed by atoms with E-state index in [1.54, 1.807) is 0 Å². The van der Waals surface area contributed by atoms with Gasteiger partial charge in [-0.3, -0.25) is 9.59 Å². The van der Waals surface area contributed by atoms with Crippen molar-refractivity contribution in [3.8, 4) is 0 Å². The summed E-state index contributed by atoms with van der Waals surface area (Å²) in [5.74, 6) is -0.683. The maximum Gasteiger partial charge on any atom is 0.313 e. The molecule has 0 amide bonds. The lowest BCUT2D eigenvalue weighted by molar-refractivity contribution is -0.159. The standard InChI is InChI=1S/C28H52O3/c1-3-5-7-9-11-12-13-14-15-16-17-18-20-22-24-26-28(30)31-27(29)25-23-21-19-10-8-6-4-2/h14-15H,3-13,16-26H2,1-2H3/b15-14-. The van der Waals surface area contributed by atoms with Gasteiger partial charge in [0.05, 0.1) is 0 Å². The fourth-order valence-corrected chi connectivity index (χ4v) is 3.80. The minimum atomic E-state index is -0.342. The molecule has 0 aromatic carbocycles. The Hall–Kier alpha value is -1.12.